The molecule has 194 valence electrons. The third-order valence-corrected chi connectivity index (χ3v) is 9.80. The van der Waals surface area contributed by atoms with Crippen molar-refractivity contribution in [3.8, 4) is 0 Å². The minimum atomic E-state index is -0.878. The number of carboxylic acid groups (broad SMARTS) is 4. The van der Waals surface area contributed by atoms with Crippen molar-refractivity contribution in [1.82, 2.24) is 0 Å². The van der Waals surface area contributed by atoms with Crippen molar-refractivity contribution < 1.29 is 39.6 Å². The highest BCUT2D eigenvalue weighted by Gasteiger charge is 2.63. The molecule has 2 fully saturated rings. The number of carbonyl (C=O) groups is 4. The first-order chi connectivity index (χ1) is 15.6. The van der Waals surface area contributed by atoms with Gasteiger partial charge in [0, 0.05) is 0 Å². The predicted molar refractivity (Wildman–Crippen MR) is 125 cm³/mol. The summed E-state index contributed by atoms with van der Waals surface area (Å²) in [7, 11) is 0. The lowest BCUT2D eigenvalue weighted by atomic mass is 9.42. The van der Waals surface area contributed by atoms with Crippen LogP contribution in [0.3, 0.4) is 0 Å². The zero-order valence-corrected chi connectivity index (χ0v) is 21.1. The molecule has 4 unspecified atom stereocenters. The molecule has 0 spiro atoms. The lowest BCUT2D eigenvalue weighted by Crippen LogP contribution is -2.58. The van der Waals surface area contributed by atoms with E-state index >= 15 is 0 Å². The Kier molecular flexibility index (Phi) is 8.47. The van der Waals surface area contributed by atoms with E-state index in [0.717, 1.165) is 38.5 Å². The van der Waals surface area contributed by atoms with Crippen LogP contribution in [0.15, 0.2) is 0 Å². The van der Waals surface area contributed by atoms with Crippen molar-refractivity contribution in [2.24, 2.45) is 33.5 Å². The van der Waals surface area contributed by atoms with Crippen molar-refractivity contribution >= 4 is 23.9 Å². The van der Waals surface area contributed by atoms with Gasteiger partial charge in [0.05, 0.1) is 24.7 Å². The average Bonchev–Trinajstić information content (AvgIpc) is 2.69. The molecule has 2 rings (SSSR count). The molecule has 34 heavy (non-hydrogen) atoms. The van der Waals surface area contributed by atoms with E-state index in [4.69, 9.17) is 0 Å². The van der Waals surface area contributed by atoms with Crippen LogP contribution in [0.4, 0.5) is 0 Å². The van der Waals surface area contributed by atoms with Crippen molar-refractivity contribution in [3.63, 3.8) is 0 Å². The largest absolute Gasteiger partial charge is 0.481 e. The quantitative estimate of drug-likeness (QED) is 0.230. The van der Waals surface area contributed by atoms with Gasteiger partial charge in [0.15, 0.2) is 0 Å². The molecule has 0 amide bonds. The molecule has 0 aliphatic heterocycles. The summed E-state index contributed by atoms with van der Waals surface area (Å²) in [5.41, 5.74) is -2.03. The number of carboxylic acids is 4. The standard InChI is InChI=1S/C26H42O8/c1-23(2)17(21(31)32)13-25(23,15-19(27)28)11-9-7-5-6-8-10-12-26(16-20(29)30)14-18(22(33)34)24(26,3)4/h17-18H,5-16H2,1-4H3,(H,27,28)(H,29,30)(H,31,32)(H,33,34). The van der Waals surface area contributed by atoms with Crippen LogP contribution in [-0.4, -0.2) is 44.3 Å². The van der Waals surface area contributed by atoms with Crippen LogP contribution >= 0.6 is 0 Å². The summed E-state index contributed by atoms with van der Waals surface area (Å²) in [4.78, 5) is 45.9. The molecule has 2 aliphatic rings. The molecular weight excluding hydrogens is 440 g/mol. The molecule has 0 radical (unpaired) electrons. The van der Waals surface area contributed by atoms with Gasteiger partial charge < -0.3 is 20.4 Å². The molecule has 0 aromatic rings. The van der Waals surface area contributed by atoms with E-state index in [1.807, 2.05) is 27.7 Å². The maximum Gasteiger partial charge on any atom is 0.307 e. The third-order valence-electron chi connectivity index (χ3n) is 9.80. The van der Waals surface area contributed by atoms with Crippen molar-refractivity contribution in [3.05, 3.63) is 0 Å². The number of hydrogen-bond donors (Lipinski definition) is 4. The second kappa shape index (κ2) is 10.2. The molecule has 8 heteroatoms. The van der Waals surface area contributed by atoms with Gasteiger partial charge in [0.25, 0.3) is 0 Å². The van der Waals surface area contributed by atoms with Gasteiger partial charge in [-0.25, -0.2) is 0 Å². The first-order valence-electron chi connectivity index (χ1n) is 12.5. The number of aliphatic carboxylic acids is 4. The second-order valence-electron chi connectivity index (χ2n) is 12.0. The van der Waals surface area contributed by atoms with Gasteiger partial charge >= 0.3 is 23.9 Å². The summed E-state index contributed by atoms with van der Waals surface area (Å²) in [5.74, 6) is -4.46. The highest BCUT2D eigenvalue weighted by Crippen LogP contribution is 2.65. The molecule has 0 saturated heterocycles. The third kappa shape index (κ3) is 5.25. The van der Waals surface area contributed by atoms with E-state index in [0.29, 0.717) is 25.7 Å². The van der Waals surface area contributed by atoms with Crippen LogP contribution in [-0.2, 0) is 19.2 Å². The fourth-order valence-corrected chi connectivity index (χ4v) is 6.92. The summed E-state index contributed by atoms with van der Waals surface area (Å²) in [6.07, 6.45) is 7.85. The van der Waals surface area contributed by atoms with Gasteiger partial charge in [-0.1, -0.05) is 66.2 Å². The lowest BCUT2D eigenvalue weighted by molar-refractivity contribution is -0.186. The molecule has 2 saturated carbocycles. The number of rotatable bonds is 15. The van der Waals surface area contributed by atoms with Gasteiger partial charge in [0.2, 0.25) is 0 Å². The minimum Gasteiger partial charge on any atom is -0.481 e. The first kappa shape index (κ1) is 28.1. The Labute approximate surface area is 202 Å². The zero-order valence-electron chi connectivity index (χ0n) is 21.1. The van der Waals surface area contributed by atoms with Crippen LogP contribution in [0.2, 0.25) is 0 Å². The molecule has 2 aliphatic carbocycles. The van der Waals surface area contributed by atoms with Crippen molar-refractivity contribution in [2.75, 3.05) is 0 Å². The van der Waals surface area contributed by atoms with Gasteiger partial charge in [-0.15, -0.1) is 0 Å². The van der Waals surface area contributed by atoms with E-state index in [9.17, 15) is 39.6 Å². The van der Waals surface area contributed by atoms with Crippen LogP contribution in [0.1, 0.15) is 105 Å². The normalized spacial score (nSPS) is 31.2. The second-order valence-corrected chi connectivity index (χ2v) is 12.0. The fraction of sp³-hybridized carbons (Fsp3) is 0.846. The van der Waals surface area contributed by atoms with Crippen molar-refractivity contribution in [1.29, 1.82) is 0 Å². The molecule has 0 bridgehead atoms. The highest BCUT2D eigenvalue weighted by atomic mass is 16.4. The van der Waals surface area contributed by atoms with Crippen LogP contribution < -0.4 is 0 Å². The smallest absolute Gasteiger partial charge is 0.307 e. The summed E-state index contributed by atoms with van der Waals surface area (Å²) in [6, 6.07) is 0. The molecule has 0 aromatic carbocycles. The van der Waals surface area contributed by atoms with Gasteiger partial charge in [-0.3, -0.25) is 19.2 Å². The SMILES string of the molecule is CC1(C)C(C(=O)O)CC1(CCCCCCCCC1(CC(=O)O)CC(C(=O)O)C1(C)C)CC(=O)O. The van der Waals surface area contributed by atoms with Crippen LogP contribution in [0, 0.1) is 33.5 Å². The number of unbranched alkanes of at least 4 members (excludes halogenated alkanes) is 5. The van der Waals surface area contributed by atoms with Gasteiger partial charge in [-0.2, -0.15) is 0 Å². The van der Waals surface area contributed by atoms with Gasteiger partial charge in [0.1, 0.15) is 0 Å². The van der Waals surface area contributed by atoms with Gasteiger partial charge in [-0.05, 0) is 47.3 Å². The first-order valence-corrected chi connectivity index (χ1v) is 12.5. The summed E-state index contributed by atoms with van der Waals surface area (Å²) in [6.45, 7) is 7.51. The van der Waals surface area contributed by atoms with E-state index in [-0.39, 0.29) is 12.8 Å². The van der Waals surface area contributed by atoms with E-state index in [1.54, 1.807) is 0 Å². The fourth-order valence-electron chi connectivity index (χ4n) is 6.92. The Balaban J connectivity index is 1.76. The molecule has 0 heterocycles. The monoisotopic (exact) mass is 482 g/mol. The Morgan fingerprint density at radius 1 is 0.588 bits per heavy atom. The zero-order chi connectivity index (χ0) is 25.9. The maximum atomic E-state index is 11.5. The Hall–Kier alpha value is -2.12. The van der Waals surface area contributed by atoms with Crippen molar-refractivity contribution in [2.45, 2.75) is 105 Å². The molecule has 8 nitrogen and oxygen atoms in total. The summed E-state index contributed by atoms with van der Waals surface area (Å²) >= 11 is 0. The molecular formula is C26H42O8. The summed E-state index contributed by atoms with van der Waals surface area (Å²) < 4.78 is 0. The topological polar surface area (TPSA) is 149 Å². The van der Waals surface area contributed by atoms with E-state index in [1.165, 1.54) is 0 Å². The van der Waals surface area contributed by atoms with Crippen LogP contribution in [0.5, 0.6) is 0 Å². The average molecular weight is 483 g/mol. The minimum absolute atomic E-state index is 0.00254. The Morgan fingerprint density at radius 2 is 0.882 bits per heavy atom. The highest BCUT2D eigenvalue weighted by molar-refractivity contribution is 5.75. The Morgan fingerprint density at radius 3 is 1.12 bits per heavy atom. The summed E-state index contributed by atoms with van der Waals surface area (Å²) in [5, 5.41) is 37.6. The molecule has 4 atom stereocenters. The van der Waals surface area contributed by atoms with E-state index in [2.05, 4.69) is 0 Å². The predicted octanol–water partition coefficient (Wildman–Crippen LogP) is 5.29. The molecule has 4 N–H and O–H groups in total. The molecule has 0 aromatic heterocycles. The lowest BCUT2D eigenvalue weighted by Gasteiger charge is -2.60. The van der Waals surface area contributed by atoms with E-state index < -0.39 is 57.4 Å². The van der Waals surface area contributed by atoms with Crippen LogP contribution in [0.25, 0.3) is 0 Å². The number of hydrogen-bond acceptors (Lipinski definition) is 4. The maximum absolute atomic E-state index is 11.5. The Bertz CT molecular complexity index is 735.